The first-order chi connectivity index (χ1) is 9.13. The number of rotatable bonds is 5. The molecule has 0 bridgehead atoms. The molecule has 2 unspecified atom stereocenters. The summed E-state index contributed by atoms with van der Waals surface area (Å²) in [5.74, 6) is 0.852. The Hall–Kier alpha value is -0.860. The molecule has 0 spiro atoms. The zero-order valence-electron chi connectivity index (χ0n) is 12.4. The fourth-order valence-electron chi connectivity index (χ4n) is 2.98. The normalized spacial score (nSPS) is 22.4. The van der Waals surface area contributed by atoms with Crippen molar-refractivity contribution in [2.75, 3.05) is 13.1 Å². The predicted molar refractivity (Wildman–Crippen MR) is 82.1 cm³/mol. The quantitative estimate of drug-likeness (QED) is 0.880. The van der Waals surface area contributed by atoms with E-state index in [1.54, 1.807) is 0 Å². The third-order valence-corrected chi connectivity index (χ3v) is 4.16. The number of hydrogen-bond donors (Lipinski definition) is 1. The van der Waals surface area contributed by atoms with Gasteiger partial charge in [0.2, 0.25) is 0 Å². The summed E-state index contributed by atoms with van der Waals surface area (Å²) in [5.41, 5.74) is 8.66. The van der Waals surface area contributed by atoms with Gasteiger partial charge in [-0.15, -0.1) is 0 Å². The maximum atomic E-state index is 5.87. The molecule has 0 aliphatic carbocycles. The largest absolute Gasteiger partial charge is 0.328 e. The average molecular weight is 260 g/mol. The number of benzene rings is 1. The number of nitrogens with two attached hydrogens (primary N) is 1. The van der Waals surface area contributed by atoms with E-state index in [1.165, 1.54) is 49.9 Å². The number of aryl methyl sites for hydroxylation is 1. The second kappa shape index (κ2) is 7.06. The molecule has 1 heterocycles. The molecule has 1 aromatic rings. The van der Waals surface area contributed by atoms with E-state index in [4.69, 9.17) is 5.73 Å². The molecule has 0 aromatic heterocycles. The Labute approximate surface area is 118 Å². The van der Waals surface area contributed by atoms with Crippen LogP contribution in [0.25, 0.3) is 0 Å². The summed E-state index contributed by atoms with van der Waals surface area (Å²) in [5, 5.41) is 0. The molecule has 0 amide bonds. The third kappa shape index (κ3) is 4.96. The molecule has 2 rings (SSSR count). The second-order valence-corrected chi connectivity index (χ2v) is 6.28. The Morgan fingerprint density at radius 1 is 1.32 bits per heavy atom. The van der Waals surface area contributed by atoms with Gasteiger partial charge < -0.3 is 5.73 Å². The summed E-state index contributed by atoms with van der Waals surface area (Å²) in [6, 6.07) is 9.31. The lowest BCUT2D eigenvalue weighted by Gasteiger charge is -2.33. The molecule has 2 nitrogen and oxygen atoms in total. The molecule has 1 aliphatic heterocycles. The van der Waals surface area contributed by atoms with Crippen LogP contribution >= 0.6 is 0 Å². The summed E-state index contributed by atoms with van der Waals surface area (Å²) in [4.78, 5) is 2.61. The lowest BCUT2D eigenvalue weighted by molar-refractivity contribution is 0.159. The molecule has 1 aromatic carbocycles. The molecule has 19 heavy (non-hydrogen) atoms. The van der Waals surface area contributed by atoms with Gasteiger partial charge in [0.25, 0.3) is 0 Å². The molecule has 1 fully saturated rings. The Morgan fingerprint density at radius 3 is 2.74 bits per heavy atom. The maximum absolute atomic E-state index is 5.87. The van der Waals surface area contributed by atoms with Gasteiger partial charge in [-0.1, -0.05) is 29.8 Å². The second-order valence-electron chi connectivity index (χ2n) is 6.28. The summed E-state index contributed by atoms with van der Waals surface area (Å²) in [6.07, 6.45) is 5.19. The zero-order valence-corrected chi connectivity index (χ0v) is 12.4. The van der Waals surface area contributed by atoms with Gasteiger partial charge in [0.1, 0.15) is 0 Å². The van der Waals surface area contributed by atoms with Crippen LogP contribution in [0.3, 0.4) is 0 Å². The van der Waals surface area contributed by atoms with Crippen LogP contribution in [0, 0.1) is 12.8 Å². The summed E-state index contributed by atoms with van der Waals surface area (Å²) in [7, 11) is 0. The van der Waals surface area contributed by atoms with E-state index in [-0.39, 0.29) is 0 Å². The summed E-state index contributed by atoms with van der Waals surface area (Å²) < 4.78 is 0. The minimum absolute atomic E-state index is 0.354. The van der Waals surface area contributed by atoms with Gasteiger partial charge in [0.15, 0.2) is 0 Å². The van der Waals surface area contributed by atoms with Crippen LogP contribution in [0.4, 0.5) is 0 Å². The van der Waals surface area contributed by atoms with Crippen LogP contribution < -0.4 is 5.73 Å². The molecular weight excluding hydrogens is 232 g/mol. The van der Waals surface area contributed by atoms with Crippen molar-refractivity contribution in [2.24, 2.45) is 11.7 Å². The average Bonchev–Trinajstić information content (AvgIpc) is 2.40. The molecule has 2 atom stereocenters. The van der Waals surface area contributed by atoms with Gasteiger partial charge in [-0.2, -0.15) is 0 Å². The Morgan fingerprint density at radius 2 is 2.05 bits per heavy atom. The maximum Gasteiger partial charge on any atom is 0.0233 e. The van der Waals surface area contributed by atoms with Gasteiger partial charge in [0, 0.05) is 19.1 Å². The minimum Gasteiger partial charge on any atom is -0.328 e. The predicted octanol–water partition coefficient (Wildman–Crippen LogP) is 3.33. The fourth-order valence-corrected chi connectivity index (χ4v) is 2.98. The van der Waals surface area contributed by atoms with E-state index in [1.807, 2.05) is 0 Å². The minimum atomic E-state index is 0.354. The monoisotopic (exact) mass is 260 g/mol. The number of hydrogen-bond acceptors (Lipinski definition) is 2. The SMILES string of the molecule is Cc1ccc(CN2CCCC(CCC(C)N)C2)cc1. The van der Waals surface area contributed by atoms with Crippen molar-refractivity contribution in [1.82, 2.24) is 4.90 Å². The number of piperidine rings is 1. The van der Waals surface area contributed by atoms with Crippen molar-refractivity contribution in [3.63, 3.8) is 0 Å². The first kappa shape index (κ1) is 14.5. The van der Waals surface area contributed by atoms with E-state index in [2.05, 4.69) is 43.0 Å². The smallest absolute Gasteiger partial charge is 0.0233 e. The van der Waals surface area contributed by atoms with Crippen molar-refractivity contribution in [1.29, 1.82) is 0 Å². The van der Waals surface area contributed by atoms with Crippen LogP contribution in [0.15, 0.2) is 24.3 Å². The van der Waals surface area contributed by atoms with E-state index in [0.29, 0.717) is 6.04 Å². The van der Waals surface area contributed by atoms with Crippen LogP contribution in [0.1, 0.15) is 43.7 Å². The zero-order chi connectivity index (χ0) is 13.7. The van der Waals surface area contributed by atoms with E-state index in [9.17, 15) is 0 Å². The van der Waals surface area contributed by atoms with Gasteiger partial charge >= 0.3 is 0 Å². The standard InChI is InChI=1S/C17H28N2/c1-14-5-8-17(9-6-14)13-19-11-3-4-16(12-19)10-7-15(2)18/h5-6,8-9,15-16H,3-4,7,10-13,18H2,1-2H3. The van der Waals surface area contributed by atoms with Crippen molar-refractivity contribution in [3.8, 4) is 0 Å². The molecule has 0 saturated carbocycles. The highest BCUT2D eigenvalue weighted by Crippen LogP contribution is 2.22. The highest BCUT2D eigenvalue weighted by atomic mass is 15.1. The Bertz CT molecular complexity index is 369. The van der Waals surface area contributed by atoms with Gasteiger partial charge in [-0.05, 0) is 57.6 Å². The lowest BCUT2D eigenvalue weighted by atomic mass is 9.92. The van der Waals surface area contributed by atoms with E-state index < -0.39 is 0 Å². The third-order valence-electron chi connectivity index (χ3n) is 4.16. The van der Waals surface area contributed by atoms with Crippen molar-refractivity contribution in [3.05, 3.63) is 35.4 Å². The Kier molecular flexibility index (Phi) is 5.41. The molecule has 106 valence electrons. The van der Waals surface area contributed by atoms with Crippen LogP contribution in [0.5, 0.6) is 0 Å². The lowest BCUT2D eigenvalue weighted by Crippen LogP contribution is -2.35. The van der Waals surface area contributed by atoms with E-state index in [0.717, 1.165) is 12.5 Å². The van der Waals surface area contributed by atoms with Crippen LogP contribution in [-0.2, 0) is 6.54 Å². The topological polar surface area (TPSA) is 29.3 Å². The Balaban J connectivity index is 1.82. The summed E-state index contributed by atoms with van der Waals surface area (Å²) >= 11 is 0. The first-order valence-electron chi connectivity index (χ1n) is 7.67. The van der Waals surface area contributed by atoms with Crippen LogP contribution in [0.2, 0.25) is 0 Å². The highest BCUT2D eigenvalue weighted by molar-refractivity contribution is 5.21. The molecule has 2 N–H and O–H groups in total. The molecule has 1 saturated heterocycles. The van der Waals surface area contributed by atoms with Gasteiger partial charge in [-0.25, -0.2) is 0 Å². The summed E-state index contributed by atoms with van der Waals surface area (Å²) in [6.45, 7) is 7.87. The number of likely N-dealkylation sites (tertiary alicyclic amines) is 1. The molecule has 0 radical (unpaired) electrons. The molecule has 2 heteroatoms. The first-order valence-corrected chi connectivity index (χ1v) is 7.67. The highest BCUT2D eigenvalue weighted by Gasteiger charge is 2.19. The van der Waals surface area contributed by atoms with Crippen molar-refractivity contribution in [2.45, 2.75) is 52.1 Å². The van der Waals surface area contributed by atoms with Crippen molar-refractivity contribution < 1.29 is 0 Å². The van der Waals surface area contributed by atoms with Gasteiger partial charge in [-0.3, -0.25) is 4.90 Å². The van der Waals surface area contributed by atoms with Crippen LogP contribution in [-0.4, -0.2) is 24.0 Å². The van der Waals surface area contributed by atoms with Crippen molar-refractivity contribution >= 4 is 0 Å². The molecule has 1 aliphatic rings. The number of nitrogens with zero attached hydrogens (tertiary/aromatic N) is 1. The van der Waals surface area contributed by atoms with E-state index >= 15 is 0 Å². The fraction of sp³-hybridized carbons (Fsp3) is 0.647. The van der Waals surface area contributed by atoms with Gasteiger partial charge in [0.05, 0.1) is 0 Å². The molecular formula is C17H28N2.